The predicted molar refractivity (Wildman–Crippen MR) is 84.5 cm³/mol. The Hall–Kier alpha value is -1.82. The van der Waals surface area contributed by atoms with E-state index in [0.29, 0.717) is 5.82 Å². The fraction of sp³-hybridized carbons (Fsp3) is 0.286. The average Bonchev–Trinajstić information content (AvgIpc) is 2.40. The van der Waals surface area contributed by atoms with Crippen molar-refractivity contribution in [2.24, 2.45) is 0 Å². The number of benzene rings is 1. The van der Waals surface area contributed by atoms with E-state index in [2.05, 4.69) is 45.1 Å². The van der Waals surface area contributed by atoms with Gasteiger partial charge >= 0.3 is 0 Å². The molecular weight excluding hydrogens is 320 g/mol. The van der Waals surface area contributed by atoms with Crippen LogP contribution in [0.15, 0.2) is 29.0 Å². The molecule has 5 nitrogen and oxygen atoms in total. The van der Waals surface area contributed by atoms with Crippen LogP contribution in [0.4, 0.5) is 17.3 Å². The Balaban J connectivity index is 2.37. The van der Waals surface area contributed by atoms with Crippen LogP contribution >= 0.6 is 15.9 Å². The van der Waals surface area contributed by atoms with Crippen molar-refractivity contribution < 1.29 is 4.74 Å². The fourth-order valence-corrected chi connectivity index (χ4v) is 2.36. The molecule has 0 saturated heterocycles. The molecule has 0 saturated carbocycles. The summed E-state index contributed by atoms with van der Waals surface area (Å²) in [4.78, 5) is 8.32. The van der Waals surface area contributed by atoms with E-state index in [-0.39, 0.29) is 5.92 Å². The Morgan fingerprint density at radius 2 is 2.05 bits per heavy atom. The van der Waals surface area contributed by atoms with Gasteiger partial charge < -0.3 is 15.8 Å². The first-order valence-electron chi connectivity index (χ1n) is 6.24. The largest absolute Gasteiger partial charge is 0.495 e. The Morgan fingerprint density at radius 1 is 1.30 bits per heavy atom. The van der Waals surface area contributed by atoms with Crippen molar-refractivity contribution in [3.05, 3.63) is 34.6 Å². The molecule has 2 aromatic rings. The number of hydrogen-bond donors (Lipinski definition) is 2. The van der Waals surface area contributed by atoms with Crippen molar-refractivity contribution in [2.45, 2.75) is 19.8 Å². The maximum atomic E-state index is 5.93. The third kappa shape index (κ3) is 3.01. The number of nitrogens with zero attached hydrogens (tertiary/aromatic N) is 2. The van der Waals surface area contributed by atoms with Crippen LogP contribution in [0.25, 0.3) is 0 Å². The SMILES string of the molecule is COc1cc(Nc2ncnc(N)c2C(C)C)ccc1Br. The molecule has 0 unspecified atom stereocenters. The number of anilines is 3. The molecule has 0 atom stereocenters. The highest BCUT2D eigenvalue weighted by Gasteiger charge is 2.13. The highest BCUT2D eigenvalue weighted by Crippen LogP contribution is 2.32. The first kappa shape index (κ1) is 14.6. The molecule has 1 aromatic heterocycles. The van der Waals surface area contributed by atoms with Gasteiger partial charge in [-0.15, -0.1) is 0 Å². The number of ether oxygens (including phenoxy) is 1. The Bertz CT molecular complexity index is 616. The molecule has 0 radical (unpaired) electrons. The first-order chi connectivity index (χ1) is 9.52. The molecule has 1 aromatic carbocycles. The van der Waals surface area contributed by atoms with Crippen LogP contribution in [0.1, 0.15) is 25.3 Å². The molecule has 20 heavy (non-hydrogen) atoms. The molecule has 0 amide bonds. The van der Waals surface area contributed by atoms with Crippen LogP contribution in [0.3, 0.4) is 0 Å². The first-order valence-corrected chi connectivity index (χ1v) is 7.03. The van der Waals surface area contributed by atoms with E-state index in [1.54, 1.807) is 7.11 Å². The van der Waals surface area contributed by atoms with Gasteiger partial charge in [-0.05, 0) is 34.0 Å². The van der Waals surface area contributed by atoms with Gasteiger partial charge in [0, 0.05) is 17.3 Å². The van der Waals surface area contributed by atoms with E-state index in [9.17, 15) is 0 Å². The molecule has 0 fully saturated rings. The summed E-state index contributed by atoms with van der Waals surface area (Å²) in [5, 5.41) is 3.26. The zero-order valence-corrected chi connectivity index (χ0v) is 13.2. The van der Waals surface area contributed by atoms with Crippen LogP contribution in [0, 0.1) is 0 Å². The number of nitrogens with two attached hydrogens (primary N) is 1. The third-order valence-corrected chi connectivity index (χ3v) is 3.56. The normalized spacial score (nSPS) is 10.7. The summed E-state index contributed by atoms with van der Waals surface area (Å²) in [7, 11) is 1.63. The molecular formula is C14H17BrN4O. The monoisotopic (exact) mass is 336 g/mol. The van der Waals surface area contributed by atoms with E-state index in [4.69, 9.17) is 10.5 Å². The van der Waals surface area contributed by atoms with E-state index in [1.807, 2.05) is 18.2 Å². The van der Waals surface area contributed by atoms with Crippen LogP contribution in [0.5, 0.6) is 5.75 Å². The maximum absolute atomic E-state index is 5.93. The van der Waals surface area contributed by atoms with Crippen molar-refractivity contribution >= 4 is 33.3 Å². The number of halogens is 1. The molecule has 0 aliphatic rings. The molecule has 1 heterocycles. The van der Waals surface area contributed by atoms with Crippen LogP contribution in [-0.4, -0.2) is 17.1 Å². The highest BCUT2D eigenvalue weighted by atomic mass is 79.9. The van der Waals surface area contributed by atoms with Crippen molar-refractivity contribution in [1.29, 1.82) is 0 Å². The van der Waals surface area contributed by atoms with Crippen LogP contribution < -0.4 is 15.8 Å². The number of nitrogen functional groups attached to an aromatic ring is 1. The summed E-state index contributed by atoms with van der Waals surface area (Å²) < 4.78 is 6.18. The fourth-order valence-electron chi connectivity index (χ4n) is 1.95. The van der Waals surface area contributed by atoms with E-state index in [0.717, 1.165) is 27.3 Å². The van der Waals surface area contributed by atoms with Crippen molar-refractivity contribution in [3.8, 4) is 5.75 Å². The van der Waals surface area contributed by atoms with E-state index in [1.165, 1.54) is 6.33 Å². The summed E-state index contributed by atoms with van der Waals surface area (Å²) >= 11 is 3.43. The van der Waals surface area contributed by atoms with Crippen LogP contribution in [-0.2, 0) is 0 Å². The molecule has 6 heteroatoms. The lowest BCUT2D eigenvalue weighted by atomic mass is 10.0. The summed E-state index contributed by atoms with van der Waals surface area (Å²) in [6, 6.07) is 5.75. The molecule has 106 valence electrons. The maximum Gasteiger partial charge on any atom is 0.139 e. The minimum atomic E-state index is 0.232. The van der Waals surface area contributed by atoms with Gasteiger partial charge in [0.25, 0.3) is 0 Å². The van der Waals surface area contributed by atoms with Gasteiger partial charge in [-0.3, -0.25) is 0 Å². The molecule has 0 spiro atoms. The minimum Gasteiger partial charge on any atom is -0.495 e. The Morgan fingerprint density at radius 3 is 2.70 bits per heavy atom. The lowest BCUT2D eigenvalue weighted by Crippen LogP contribution is -2.06. The Kier molecular flexibility index (Phi) is 4.44. The average molecular weight is 337 g/mol. The van der Waals surface area contributed by atoms with Crippen molar-refractivity contribution in [2.75, 3.05) is 18.2 Å². The van der Waals surface area contributed by atoms with E-state index >= 15 is 0 Å². The minimum absolute atomic E-state index is 0.232. The summed E-state index contributed by atoms with van der Waals surface area (Å²) in [6.45, 7) is 4.12. The second-order valence-corrected chi connectivity index (χ2v) is 5.50. The van der Waals surface area contributed by atoms with Gasteiger partial charge in [-0.1, -0.05) is 13.8 Å². The second-order valence-electron chi connectivity index (χ2n) is 4.65. The number of methoxy groups -OCH3 is 1. The summed E-state index contributed by atoms with van der Waals surface area (Å²) in [5.74, 6) is 2.21. The second kappa shape index (κ2) is 6.09. The lowest BCUT2D eigenvalue weighted by molar-refractivity contribution is 0.412. The van der Waals surface area contributed by atoms with Gasteiger partial charge in [-0.2, -0.15) is 0 Å². The summed E-state index contributed by atoms with van der Waals surface area (Å²) in [5.41, 5.74) is 7.72. The van der Waals surface area contributed by atoms with Crippen LogP contribution in [0.2, 0.25) is 0 Å². The zero-order valence-electron chi connectivity index (χ0n) is 11.6. The Labute approximate surface area is 126 Å². The molecule has 3 N–H and O–H groups in total. The molecule has 0 bridgehead atoms. The number of nitrogens with one attached hydrogen (secondary N) is 1. The number of rotatable bonds is 4. The highest BCUT2D eigenvalue weighted by molar-refractivity contribution is 9.10. The topological polar surface area (TPSA) is 73.1 Å². The molecule has 0 aliphatic heterocycles. The number of aromatic nitrogens is 2. The molecule has 2 rings (SSSR count). The standard InChI is InChI=1S/C14H17BrN4O/c1-8(2)12-13(16)17-7-18-14(12)19-9-4-5-10(15)11(6-9)20-3/h4-8H,1-3H3,(H3,16,17,18,19). The summed E-state index contributed by atoms with van der Waals surface area (Å²) in [6.07, 6.45) is 1.46. The zero-order chi connectivity index (χ0) is 14.7. The molecule has 0 aliphatic carbocycles. The quantitative estimate of drug-likeness (QED) is 0.890. The predicted octanol–water partition coefficient (Wildman–Crippen LogP) is 3.70. The van der Waals surface area contributed by atoms with Gasteiger partial charge in [0.2, 0.25) is 0 Å². The lowest BCUT2D eigenvalue weighted by Gasteiger charge is -2.15. The van der Waals surface area contributed by atoms with Gasteiger partial charge in [0.1, 0.15) is 23.7 Å². The van der Waals surface area contributed by atoms with Crippen molar-refractivity contribution in [1.82, 2.24) is 9.97 Å². The smallest absolute Gasteiger partial charge is 0.139 e. The third-order valence-electron chi connectivity index (χ3n) is 2.91. The van der Waals surface area contributed by atoms with Gasteiger partial charge in [-0.25, -0.2) is 9.97 Å². The van der Waals surface area contributed by atoms with Gasteiger partial charge in [0.05, 0.1) is 11.6 Å². The van der Waals surface area contributed by atoms with Gasteiger partial charge in [0.15, 0.2) is 0 Å². The number of hydrogen-bond acceptors (Lipinski definition) is 5. The van der Waals surface area contributed by atoms with E-state index < -0.39 is 0 Å². The van der Waals surface area contributed by atoms with Crippen molar-refractivity contribution in [3.63, 3.8) is 0 Å².